The minimum absolute atomic E-state index is 0.108. The minimum atomic E-state index is -4.59. The SMILES string of the molecule is CC(C)(C)S(=O)(=O)c1ccc2nc(Nn3nccc3C(F)(F)F)ncc2c1. The Morgan fingerprint density at radius 2 is 1.81 bits per heavy atom. The summed E-state index contributed by atoms with van der Waals surface area (Å²) in [4.78, 5) is 8.71. The highest BCUT2D eigenvalue weighted by Crippen LogP contribution is 2.29. The molecule has 0 bridgehead atoms. The molecule has 1 aromatic carbocycles. The molecule has 27 heavy (non-hydrogen) atoms. The van der Waals surface area contributed by atoms with Crippen LogP contribution < -0.4 is 5.43 Å². The number of nitrogens with zero attached hydrogens (tertiary/aromatic N) is 4. The van der Waals surface area contributed by atoms with E-state index in [1.807, 2.05) is 0 Å². The lowest BCUT2D eigenvalue weighted by Gasteiger charge is -2.19. The fraction of sp³-hybridized carbons (Fsp3) is 0.312. The van der Waals surface area contributed by atoms with Crippen LogP contribution in [0.2, 0.25) is 0 Å². The Hall–Kier alpha value is -2.69. The van der Waals surface area contributed by atoms with Crippen molar-refractivity contribution < 1.29 is 21.6 Å². The predicted molar refractivity (Wildman–Crippen MR) is 92.7 cm³/mol. The number of alkyl halides is 3. The number of sulfone groups is 1. The number of halogens is 3. The van der Waals surface area contributed by atoms with Gasteiger partial charge in [-0.15, -0.1) is 0 Å². The average molecular weight is 399 g/mol. The fourth-order valence-electron chi connectivity index (χ4n) is 2.29. The molecule has 3 aromatic rings. The molecule has 0 atom stereocenters. The Labute approximate surface area is 153 Å². The van der Waals surface area contributed by atoms with Crippen LogP contribution in [0.1, 0.15) is 26.5 Å². The van der Waals surface area contributed by atoms with Gasteiger partial charge in [0.05, 0.1) is 21.4 Å². The van der Waals surface area contributed by atoms with Crippen molar-refractivity contribution in [1.82, 2.24) is 19.9 Å². The first-order chi connectivity index (χ1) is 12.4. The quantitative estimate of drug-likeness (QED) is 0.727. The third kappa shape index (κ3) is 3.59. The minimum Gasteiger partial charge on any atom is -0.245 e. The van der Waals surface area contributed by atoms with Crippen LogP contribution >= 0.6 is 0 Å². The standard InChI is InChI=1S/C16H16F3N5O2S/c1-15(2,3)27(25,26)11-4-5-12-10(8-11)9-20-14(22-12)23-24-13(6-7-21-24)16(17,18)19/h4-9H,1-3H3,(H,20,22,23). The maximum absolute atomic E-state index is 12.9. The van der Waals surface area contributed by atoms with Crippen molar-refractivity contribution >= 4 is 26.7 Å². The largest absolute Gasteiger partial charge is 0.435 e. The molecule has 0 spiro atoms. The van der Waals surface area contributed by atoms with Crippen LogP contribution in [0.25, 0.3) is 10.9 Å². The van der Waals surface area contributed by atoms with E-state index in [0.717, 1.165) is 12.3 Å². The molecule has 0 amide bonds. The summed E-state index contributed by atoms with van der Waals surface area (Å²) in [6.07, 6.45) is -2.25. The van der Waals surface area contributed by atoms with Gasteiger partial charge < -0.3 is 0 Å². The number of rotatable bonds is 3. The van der Waals surface area contributed by atoms with Gasteiger partial charge in [0.1, 0.15) is 0 Å². The molecule has 0 saturated carbocycles. The Bertz CT molecular complexity index is 1100. The number of fused-ring (bicyclic) bond motifs is 1. The second kappa shape index (κ2) is 6.19. The number of aromatic nitrogens is 4. The van der Waals surface area contributed by atoms with E-state index in [1.54, 1.807) is 20.8 Å². The Kier molecular flexibility index (Phi) is 4.37. The Morgan fingerprint density at radius 3 is 2.44 bits per heavy atom. The van der Waals surface area contributed by atoms with Crippen molar-refractivity contribution in [3.63, 3.8) is 0 Å². The Morgan fingerprint density at radius 1 is 1.11 bits per heavy atom. The van der Waals surface area contributed by atoms with Gasteiger partial charge in [-0.2, -0.15) is 23.1 Å². The smallest absolute Gasteiger partial charge is 0.245 e. The monoisotopic (exact) mass is 399 g/mol. The highest BCUT2D eigenvalue weighted by atomic mass is 32.2. The van der Waals surface area contributed by atoms with Gasteiger partial charge in [0.25, 0.3) is 0 Å². The van der Waals surface area contributed by atoms with Crippen molar-refractivity contribution in [3.05, 3.63) is 42.4 Å². The number of hydrogen-bond donors (Lipinski definition) is 1. The van der Waals surface area contributed by atoms with Gasteiger partial charge in [0.2, 0.25) is 5.95 Å². The summed E-state index contributed by atoms with van der Waals surface area (Å²) >= 11 is 0. The van der Waals surface area contributed by atoms with Crippen molar-refractivity contribution in [2.75, 3.05) is 5.43 Å². The predicted octanol–water partition coefficient (Wildman–Crippen LogP) is 3.29. The first-order valence-corrected chi connectivity index (χ1v) is 9.27. The van der Waals surface area contributed by atoms with Crippen molar-refractivity contribution in [3.8, 4) is 0 Å². The highest BCUT2D eigenvalue weighted by molar-refractivity contribution is 7.92. The number of nitrogens with one attached hydrogen (secondary N) is 1. The second-order valence-electron chi connectivity index (χ2n) is 6.77. The molecule has 0 unspecified atom stereocenters. The number of anilines is 1. The van der Waals surface area contributed by atoms with Gasteiger partial charge in [0, 0.05) is 11.6 Å². The Balaban J connectivity index is 1.96. The molecule has 0 saturated heterocycles. The summed E-state index contributed by atoms with van der Waals surface area (Å²) in [6, 6.07) is 5.15. The summed E-state index contributed by atoms with van der Waals surface area (Å²) in [6.45, 7) is 4.79. The maximum atomic E-state index is 12.9. The van der Waals surface area contributed by atoms with E-state index in [9.17, 15) is 21.6 Å². The van der Waals surface area contributed by atoms with E-state index >= 15 is 0 Å². The zero-order valence-corrected chi connectivity index (χ0v) is 15.4. The molecule has 0 fully saturated rings. The molecule has 11 heteroatoms. The van der Waals surface area contributed by atoms with Crippen molar-refractivity contribution in [2.45, 2.75) is 36.6 Å². The molecular formula is C16H16F3N5O2S. The summed E-state index contributed by atoms with van der Waals surface area (Å²) in [5.41, 5.74) is 1.74. The second-order valence-corrected chi connectivity index (χ2v) is 9.47. The number of benzene rings is 1. The normalized spacial score (nSPS) is 13.1. The first-order valence-electron chi connectivity index (χ1n) is 7.79. The van der Waals surface area contributed by atoms with Gasteiger partial charge in [-0.05, 0) is 45.0 Å². The maximum Gasteiger partial charge on any atom is 0.435 e. The molecule has 1 N–H and O–H groups in total. The van der Waals surface area contributed by atoms with Gasteiger partial charge in [-0.1, -0.05) is 0 Å². The summed E-state index contributed by atoms with van der Waals surface area (Å²) in [5, 5.41) is 4.00. The zero-order valence-electron chi connectivity index (χ0n) is 14.6. The van der Waals surface area contributed by atoms with E-state index in [-0.39, 0.29) is 10.8 Å². The van der Waals surface area contributed by atoms with Crippen LogP contribution in [-0.2, 0) is 16.0 Å². The number of hydrogen-bond acceptors (Lipinski definition) is 6. The molecule has 2 heterocycles. The molecule has 0 aliphatic heterocycles. The molecule has 2 aromatic heterocycles. The van der Waals surface area contributed by atoms with E-state index in [2.05, 4.69) is 20.5 Å². The molecule has 0 aliphatic rings. The van der Waals surface area contributed by atoms with Gasteiger partial charge >= 0.3 is 6.18 Å². The molecule has 7 nitrogen and oxygen atoms in total. The zero-order chi connectivity index (χ0) is 20.0. The average Bonchev–Trinajstić information content (AvgIpc) is 3.01. The summed E-state index contributed by atoms with van der Waals surface area (Å²) < 4.78 is 62.8. The van der Waals surface area contributed by atoms with Gasteiger partial charge in [-0.3, -0.25) is 0 Å². The molecule has 144 valence electrons. The van der Waals surface area contributed by atoms with Crippen molar-refractivity contribution in [2.24, 2.45) is 0 Å². The molecule has 0 aliphatic carbocycles. The third-order valence-corrected chi connectivity index (χ3v) is 6.29. The van der Waals surface area contributed by atoms with Crippen LogP contribution in [0.3, 0.4) is 0 Å². The van der Waals surface area contributed by atoms with E-state index in [0.29, 0.717) is 15.7 Å². The van der Waals surface area contributed by atoms with Gasteiger partial charge in [-0.25, -0.2) is 23.8 Å². The van der Waals surface area contributed by atoms with Crippen LogP contribution in [0.4, 0.5) is 19.1 Å². The van der Waals surface area contributed by atoms with Crippen LogP contribution in [0, 0.1) is 0 Å². The lowest BCUT2D eigenvalue weighted by molar-refractivity contribution is -0.143. The van der Waals surface area contributed by atoms with E-state index in [1.165, 1.54) is 24.4 Å². The summed E-state index contributed by atoms with van der Waals surface area (Å²) in [7, 11) is -3.55. The van der Waals surface area contributed by atoms with Crippen LogP contribution in [0.15, 0.2) is 41.6 Å². The van der Waals surface area contributed by atoms with Gasteiger partial charge in [0.15, 0.2) is 15.5 Å². The molecule has 0 radical (unpaired) electrons. The lowest BCUT2D eigenvalue weighted by atomic mass is 10.2. The lowest BCUT2D eigenvalue weighted by Crippen LogP contribution is -2.27. The topological polar surface area (TPSA) is 89.8 Å². The molecular weight excluding hydrogens is 383 g/mol. The van der Waals surface area contributed by atoms with E-state index < -0.39 is 26.5 Å². The third-order valence-electron chi connectivity index (χ3n) is 3.81. The van der Waals surface area contributed by atoms with E-state index in [4.69, 9.17) is 0 Å². The van der Waals surface area contributed by atoms with Crippen LogP contribution in [0.5, 0.6) is 0 Å². The fourth-order valence-corrected chi connectivity index (χ4v) is 3.52. The van der Waals surface area contributed by atoms with Crippen molar-refractivity contribution in [1.29, 1.82) is 0 Å². The first kappa shape index (κ1) is 19.1. The highest BCUT2D eigenvalue weighted by Gasteiger charge is 2.35. The van der Waals surface area contributed by atoms with Crippen LogP contribution in [-0.4, -0.2) is 33.0 Å². The molecule has 3 rings (SSSR count). The summed E-state index contributed by atoms with van der Waals surface area (Å²) in [5.74, 6) is -0.108.